The van der Waals surface area contributed by atoms with Gasteiger partial charge in [0.1, 0.15) is 0 Å². The molecule has 16 heavy (non-hydrogen) atoms. The van der Waals surface area contributed by atoms with Gasteiger partial charge in [0.2, 0.25) is 9.92 Å². The molecule has 4 nitrogen and oxygen atoms in total. The van der Waals surface area contributed by atoms with Crippen LogP contribution in [0.15, 0.2) is 0 Å². The van der Waals surface area contributed by atoms with E-state index in [-0.39, 0.29) is 0 Å². The van der Waals surface area contributed by atoms with Crippen LogP contribution < -0.4 is 0 Å². The molecule has 0 aliphatic carbocycles. The molecule has 1 heterocycles. The Hall–Kier alpha value is 0.274. The Morgan fingerprint density at radius 2 is 1.88 bits per heavy atom. The molecule has 0 atom stereocenters. The maximum atomic E-state index is 5.97. The molecule has 1 rings (SSSR count). The second-order valence-corrected chi connectivity index (χ2v) is 9.41. The van der Waals surface area contributed by atoms with Crippen LogP contribution in [0.3, 0.4) is 0 Å². The third-order valence-electron chi connectivity index (χ3n) is 2.71. The summed E-state index contributed by atoms with van der Waals surface area (Å²) in [6, 6.07) is 1.10. The van der Waals surface area contributed by atoms with Gasteiger partial charge in [-0.25, -0.2) is 0 Å². The molecule has 6 heteroatoms. The summed E-state index contributed by atoms with van der Waals surface area (Å²) in [5, 5.41) is 0. The third-order valence-corrected chi connectivity index (χ3v) is 9.63. The minimum atomic E-state index is -2.06. The van der Waals surface area contributed by atoms with Gasteiger partial charge in [-0.05, 0) is 40.7 Å². The first-order valence-corrected chi connectivity index (χ1v) is 9.47. The minimum absolute atomic E-state index is 0.321. The van der Waals surface area contributed by atoms with Crippen molar-refractivity contribution in [3.8, 4) is 0 Å². The Kier molecular flexibility index (Phi) is 6.16. The van der Waals surface area contributed by atoms with E-state index in [1.807, 2.05) is 0 Å². The maximum Gasteiger partial charge on any atom is 0.422 e. The Morgan fingerprint density at radius 3 is 2.38 bits per heavy atom. The summed E-state index contributed by atoms with van der Waals surface area (Å²) in [6.07, 6.45) is 1.52. The highest BCUT2D eigenvalue weighted by atomic mass is 28.4. The zero-order valence-corrected chi connectivity index (χ0v) is 13.4. The van der Waals surface area contributed by atoms with E-state index >= 15 is 0 Å². The lowest BCUT2D eigenvalue weighted by molar-refractivity contribution is 0.148. The molecule has 1 aliphatic heterocycles. The van der Waals surface area contributed by atoms with Crippen LogP contribution >= 0.6 is 0 Å². The summed E-state index contributed by atoms with van der Waals surface area (Å²) in [5.41, 5.74) is 0. The van der Waals surface area contributed by atoms with E-state index in [2.05, 4.69) is 31.9 Å². The van der Waals surface area contributed by atoms with Crippen LogP contribution in [0, 0.1) is 0 Å². The van der Waals surface area contributed by atoms with Crippen LogP contribution in [0.1, 0.15) is 34.1 Å². The van der Waals surface area contributed by atoms with E-state index in [1.54, 1.807) is 0 Å². The van der Waals surface area contributed by atoms with Crippen molar-refractivity contribution < 1.29 is 13.3 Å². The summed E-state index contributed by atoms with van der Waals surface area (Å²) in [5.74, 6) is 0. The lowest BCUT2D eigenvalue weighted by atomic mass is 10.5. The van der Waals surface area contributed by atoms with Gasteiger partial charge in [0.05, 0.1) is 0 Å². The first kappa shape index (κ1) is 14.3. The van der Waals surface area contributed by atoms with Crippen molar-refractivity contribution in [3.63, 3.8) is 0 Å². The fourth-order valence-electron chi connectivity index (χ4n) is 2.04. The molecule has 0 radical (unpaired) electrons. The highest BCUT2D eigenvalue weighted by molar-refractivity contribution is 6.71. The van der Waals surface area contributed by atoms with Crippen molar-refractivity contribution in [3.05, 3.63) is 0 Å². The summed E-state index contributed by atoms with van der Waals surface area (Å²) in [6.45, 7) is 10.9. The van der Waals surface area contributed by atoms with Crippen molar-refractivity contribution in [1.29, 1.82) is 0 Å². The van der Waals surface area contributed by atoms with Crippen molar-refractivity contribution >= 4 is 18.6 Å². The van der Waals surface area contributed by atoms with Gasteiger partial charge in [0, 0.05) is 25.4 Å². The smallest absolute Gasteiger partial charge is 0.406 e. The number of rotatable bonds is 7. The van der Waals surface area contributed by atoms with Crippen LogP contribution in [0.4, 0.5) is 0 Å². The standard InChI is InChI=1S/C10H25NO3Si2/c1-5-12-16(13-6-2)9-7-8-11(16)15-14-10(3)4/h10H,5-9,15H2,1-4H3. The van der Waals surface area contributed by atoms with Crippen LogP contribution in [-0.2, 0) is 13.3 Å². The fourth-order valence-corrected chi connectivity index (χ4v) is 7.97. The van der Waals surface area contributed by atoms with Crippen LogP contribution in [0.2, 0.25) is 6.04 Å². The molecule has 1 aliphatic rings. The molecular weight excluding hydrogens is 238 g/mol. The van der Waals surface area contributed by atoms with Crippen molar-refractivity contribution in [2.45, 2.75) is 46.3 Å². The molecule has 0 spiro atoms. The second kappa shape index (κ2) is 6.88. The number of hydrogen-bond donors (Lipinski definition) is 0. The molecule has 1 fully saturated rings. The molecule has 0 aromatic heterocycles. The monoisotopic (exact) mass is 263 g/mol. The summed E-state index contributed by atoms with van der Waals surface area (Å²) < 4.78 is 20.2. The third kappa shape index (κ3) is 3.64. The average molecular weight is 263 g/mol. The summed E-state index contributed by atoms with van der Waals surface area (Å²) in [7, 11) is -2.72. The van der Waals surface area contributed by atoms with Crippen molar-refractivity contribution in [2.75, 3.05) is 19.8 Å². The van der Waals surface area contributed by atoms with E-state index in [4.69, 9.17) is 13.3 Å². The van der Waals surface area contributed by atoms with Gasteiger partial charge in [0.15, 0.2) is 0 Å². The zero-order chi connectivity index (χ0) is 12.0. The Bertz CT molecular complexity index is 199. The molecule has 0 aromatic carbocycles. The fraction of sp³-hybridized carbons (Fsp3) is 1.00. The molecule has 96 valence electrons. The minimum Gasteiger partial charge on any atom is -0.406 e. The molecule has 0 bridgehead atoms. The Morgan fingerprint density at radius 1 is 1.25 bits per heavy atom. The lowest BCUT2D eigenvalue weighted by Crippen LogP contribution is -2.56. The number of hydrogen-bond acceptors (Lipinski definition) is 4. The topological polar surface area (TPSA) is 30.9 Å². The van der Waals surface area contributed by atoms with Crippen LogP contribution in [-0.4, -0.2) is 48.7 Å². The molecule has 0 unspecified atom stereocenters. The molecular formula is C10H25NO3Si2. The van der Waals surface area contributed by atoms with Gasteiger partial charge in [-0.15, -0.1) is 0 Å². The van der Waals surface area contributed by atoms with Crippen molar-refractivity contribution in [1.82, 2.24) is 4.23 Å². The SMILES string of the molecule is CCO[Si]1(OCC)CCCN1[SiH2]OC(C)C. The lowest BCUT2D eigenvalue weighted by Gasteiger charge is -2.34. The maximum absolute atomic E-state index is 5.97. The van der Waals surface area contributed by atoms with Crippen molar-refractivity contribution in [2.24, 2.45) is 0 Å². The first-order chi connectivity index (χ1) is 7.64. The van der Waals surface area contributed by atoms with E-state index in [0.29, 0.717) is 6.10 Å². The second-order valence-electron chi connectivity index (χ2n) is 4.29. The molecule has 0 saturated carbocycles. The first-order valence-electron chi connectivity index (χ1n) is 6.29. The average Bonchev–Trinajstić information content (AvgIpc) is 2.59. The Balaban J connectivity index is 2.57. The van der Waals surface area contributed by atoms with Crippen LogP contribution in [0.25, 0.3) is 0 Å². The van der Waals surface area contributed by atoms with Gasteiger partial charge in [-0.2, -0.15) is 0 Å². The molecule has 1 saturated heterocycles. The predicted molar refractivity (Wildman–Crippen MR) is 69.9 cm³/mol. The zero-order valence-electron chi connectivity index (χ0n) is 11.0. The largest absolute Gasteiger partial charge is 0.422 e. The van der Waals surface area contributed by atoms with Gasteiger partial charge < -0.3 is 13.3 Å². The highest BCUT2D eigenvalue weighted by Crippen LogP contribution is 2.27. The van der Waals surface area contributed by atoms with Gasteiger partial charge in [-0.1, -0.05) is 0 Å². The Labute approximate surface area is 103 Å². The van der Waals surface area contributed by atoms with E-state index < -0.39 is 18.6 Å². The summed E-state index contributed by atoms with van der Waals surface area (Å²) >= 11 is 0. The highest BCUT2D eigenvalue weighted by Gasteiger charge is 2.48. The van der Waals surface area contributed by atoms with Gasteiger partial charge in [0.25, 0.3) is 0 Å². The van der Waals surface area contributed by atoms with Gasteiger partial charge >= 0.3 is 8.72 Å². The van der Waals surface area contributed by atoms with E-state index in [1.165, 1.54) is 6.42 Å². The van der Waals surface area contributed by atoms with E-state index in [9.17, 15) is 0 Å². The molecule has 0 N–H and O–H groups in total. The molecule has 0 aromatic rings. The quantitative estimate of drug-likeness (QED) is 0.644. The van der Waals surface area contributed by atoms with Crippen LogP contribution in [0.5, 0.6) is 0 Å². The molecule has 0 amide bonds. The van der Waals surface area contributed by atoms with E-state index in [0.717, 1.165) is 25.8 Å². The normalized spacial score (nSPS) is 21.6. The summed E-state index contributed by atoms with van der Waals surface area (Å²) in [4.78, 5) is 0. The van der Waals surface area contributed by atoms with Gasteiger partial charge in [-0.3, -0.25) is 4.23 Å². The number of nitrogens with zero attached hydrogens (tertiary/aromatic N) is 1. The predicted octanol–water partition coefficient (Wildman–Crippen LogP) is 1.13.